The molecule has 0 bridgehead atoms. The minimum absolute atomic E-state index is 0.252. The Labute approximate surface area is 108 Å². The minimum Gasteiger partial charge on any atom is -0.365 e. The van der Waals surface area contributed by atoms with Crippen LogP contribution >= 0.6 is 0 Å². The smallest absolute Gasteiger partial charge is 0.174 e. The van der Waals surface area contributed by atoms with Crippen LogP contribution in [0.4, 0.5) is 11.6 Å². The average molecular weight is 254 g/mol. The highest BCUT2D eigenvalue weighted by Gasteiger charge is 2.08. The van der Waals surface area contributed by atoms with Gasteiger partial charge in [-0.05, 0) is 13.8 Å². The molecule has 102 valence electrons. The summed E-state index contributed by atoms with van der Waals surface area (Å²) in [5.74, 6) is 1.62. The molecule has 1 aromatic rings. The SMILES string of the molecule is CCOC(CNc1cc(N(C)C)ncn1)OCC. The maximum Gasteiger partial charge on any atom is 0.174 e. The first-order valence-electron chi connectivity index (χ1n) is 6.13. The van der Waals surface area contributed by atoms with E-state index in [2.05, 4.69) is 15.3 Å². The molecule has 0 fully saturated rings. The van der Waals surface area contributed by atoms with E-state index in [-0.39, 0.29) is 6.29 Å². The summed E-state index contributed by atoms with van der Waals surface area (Å²) < 4.78 is 10.9. The van der Waals surface area contributed by atoms with E-state index in [1.807, 2.05) is 38.9 Å². The van der Waals surface area contributed by atoms with Crippen LogP contribution in [0, 0.1) is 0 Å². The van der Waals surface area contributed by atoms with Gasteiger partial charge in [0.15, 0.2) is 6.29 Å². The number of hydrogen-bond donors (Lipinski definition) is 1. The topological polar surface area (TPSA) is 59.5 Å². The quantitative estimate of drug-likeness (QED) is 0.707. The Morgan fingerprint density at radius 2 is 1.89 bits per heavy atom. The molecule has 1 heterocycles. The van der Waals surface area contributed by atoms with Crippen molar-refractivity contribution >= 4 is 11.6 Å². The lowest BCUT2D eigenvalue weighted by Crippen LogP contribution is -2.26. The third-order valence-corrected chi connectivity index (χ3v) is 2.27. The molecule has 0 atom stereocenters. The fourth-order valence-corrected chi connectivity index (χ4v) is 1.41. The van der Waals surface area contributed by atoms with Gasteiger partial charge >= 0.3 is 0 Å². The van der Waals surface area contributed by atoms with E-state index in [1.165, 1.54) is 6.33 Å². The molecule has 0 aliphatic heterocycles. The molecule has 6 nitrogen and oxygen atoms in total. The first kappa shape index (κ1) is 14.7. The first-order chi connectivity index (χ1) is 8.67. The van der Waals surface area contributed by atoms with Gasteiger partial charge in [0.05, 0.1) is 6.54 Å². The van der Waals surface area contributed by atoms with Crippen LogP contribution in [0.2, 0.25) is 0 Å². The lowest BCUT2D eigenvalue weighted by Gasteiger charge is -2.18. The van der Waals surface area contributed by atoms with E-state index in [0.717, 1.165) is 11.6 Å². The van der Waals surface area contributed by atoms with Crippen molar-refractivity contribution in [3.05, 3.63) is 12.4 Å². The molecule has 0 aromatic carbocycles. The van der Waals surface area contributed by atoms with Crippen molar-refractivity contribution in [1.82, 2.24) is 9.97 Å². The Hall–Kier alpha value is -1.40. The van der Waals surface area contributed by atoms with Gasteiger partial charge in [0.2, 0.25) is 0 Å². The molecule has 1 N–H and O–H groups in total. The number of anilines is 2. The molecule has 0 unspecified atom stereocenters. The number of aromatic nitrogens is 2. The maximum absolute atomic E-state index is 5.44. The van der Waals surface area contributed by atoms with Crippen molar-refractivity contribution in [3.8, 4) is 0 Å². The molecule has 0 saturated heterocycles. The highest BCUT2D eigenvalue weighted by atomic mass is 16.7. The Morgan fingerprint density at radius 3 is 2.44 bits per heavy atom. The Bertz CT molecular complexity index is 341. The molecule has 0 aliphatic rings. The fourth-order valence-electron chi connectivity index (χ4n) is 1.41. The van der Waals surface area contributed by atoms with Crippen molar-refractivity contribution in [1.29, 1.82) is 0 Å². The number of hydrogen-bond acceptors (Lipinski definition) is 6. The average Bonchev–Trinajstić information content (AvgIpc) is 2.37. The predicted octanol–water partition coefficient (Wildman–Crippen LogP) is 1.35. The van der Waals surface area contributed by atoms with Crippen LogP contribution in [0.3, 0.4) is 0 Å². The minimum atomic E-state index is -0.252. The summed E-state index contributed by atoms with van der Waals surface area (Å²) >= 11 is 0. The summed E-state index contributed by atoms with van der Waals surface area (Å²) in [7, 11) is 3.88. The maximum atomic E-state index is 5.44. The van der Waals surface area contributed by atoms with E-state index >= 15 is 0 Å². The van der Waals surface area contributed by atoms with Gasteiger partial charge in [-0.2, -0.15) is 0 Å². The lowest BCUT2D eigenvalue weighted by atomic mass is 10.4. The zero-order valence-corrected chi connectivity index (χ0v) is 11.5. The Morgan fingerprint density at radius 1 is 1.22 bits per heavy atom. The van der Waals surface area contributed by atoms with Crippen LogP contribution in [0.15, 0.2) is 12.4 Å². The highest BCUT2D eigenvalue weighted by molar-refractivity contribution is 5.47. The molecule has 0 amide bonds. The second-order valence-corrected chi connectivity index (χ2v) is 3.88. The van der Waals surface area contributed by atoms with E-state index in [4.69, 9.17) is 9.47 Å². The molecular weight excluding hydrogens is 232 g/mol. The Balaban J connectivity index is 2.53. The van der Waals surface area contributed by atoms with Gasteiger partial charge in [-0.3, -0.25) is 0 Å². The van der Waals surface area contributed by atoms with Crippen molar-refractivity contribution in [3.63, 3.8) is 0 Å². The van der Waals surface area contributed by atoms with Crippen LogP contribution in [-0.4, -0.2) is 50.1 Å². The molecule has 0 radical (unpaired) electrons. The molecule has 0 aliphatic carbocycles. The molecule has 0 spiro atoms. The van der Waals surface area contributed by atoms with Gasteiger partial charge in [-0.15, -0.1) is 0 Å². The van der Waals surface area contributed by atoms with Crippen LogP contribution in [0.5, 0.6) is 0 Å². The second kappa shape index (κ2) is 7.84. The number of rotatable bonds is 8. The summed E-state index contributed by atoms with van der Waals surface area (Å²) in [6.07, 6.45) is 1.28. The molecule has 6 heteroatoms. The van der Waals surface area contributed by atoms with Crippen LogP contribution in [0.25, 0.3) is 0 Å². The van der Waals surface area contributed by atoms with E-state index in [1.54, 1.807) is 0 Å². The van der Waals surface area contributed by atoms with Crippen LogP contribution in [0.1, 0.15) is 13.8 Å². The Kier molecular flexibility index (Phi) is 6.38. The van der Waals surface area contributed by atoms with Crippen molar-refractivity contribution in [2.45, 2.75) is 20.1 Å². The van der Waals surface area contributed by atoms with Gasteiger partial charge < -0.3 is 19.7 Å². The summed E-state index contributed by atoms with van der Waals surface area (Å²) in [5, 5.41) is 3.18. The van der Waals surface area contributed by atoms with Gasteiger partial charge in [-0.1, -0.05) is 0 Å². The van der Waals surface area contributed by atoms with Crippen LogP contribution in [-0.2, 0) is 9.47 Å². The fraction of sp³-hybridized carbons (Fsp3) is 0.667. The summed E-state index contributed by atoms with van der Waals surface area (Å²) in [6.45, 7) is 5.70. The number of nitrogens with one attached hydrogen (secondary N) is 1. The number of nitrogens with zero attached hydrogens (tertiary/aromatic N) is 3. The van der Waals surface area contributed by atoms with E-state index < -0.39 is 0 Å². The van der Waals surface area contributed by atoms with Crippen LogP contribution < -0.4 is 10.2 Å². The lowest BCUT2D eigenvalue weighted by molar-refractivity contribution is -0.126. The molecule has 1 rings (SSSR count). The largest absolute Gasteiger partial charge is 0.365 e. The second-order valence-electron chi connectivity index (χ2n) is 3.88. The van der Waals surface area contributed by atoms with E-state index in [0.29, 0.717) is 19.8 Å². The van der Waals surface area contributed by atoms with E-state index in [9.17, 15) is 0 Å². The molecule has 18 heavy (non-hydrogen) atoms. The third-order valence-electron chi connectivity index (χ3n) is 2.27. The zero-order valence-electron chi connectivity index (χ0n) is 11.5. The third kappa shape index (κ3) is 4.85. The molecule has 1 aromatic heterocycles. The summed E-state index contributed by atoms with van der Waals surface area (Å²) in [5.41, 5.74) is 0. The molecular formula is C12H22N4O2. The summed E-state index contributed by atoms with van der Waals surface area (Å²) in [4.78, 5) is 10.2. The normalized spacial score (nSPS) is 10.7. The van der Waals surface area contributed by atoms with Crippen molar-refractivity contribution < 1.29 is 9.47 Å². The predicted molar refractivity (Wildman–Crippen MR) is 71.9 cm³/mol. The highest BCUT2D eigenvalue weighted by Crippen LogP contribution is 2.11. The van der Waals surface area contributed by atoms with Crippen molar-refractivity contribution in [2.24, 2.45) is 0 Å². The van der Waals surface area contributed by atoms with Gasteiger partial charge in [0.1, 0.15) is 18.0 Å². The zero-order chi connectivity index (χ0) is 13.4. The van der Waals surface area contributed by atoms with Crippen molar-refractivity contribution in [2.75, 3.05) is 44.1 Å². The monoisotopic (exact) mass is 254 g/mol. The van der Waals surface area contributed by atoms with Gasteiger partial charge in [-0.25, -0.2) is 9.97 Å². The summed E-state index contributed by atoms with van der Waals surface area (Å²) in [6, 6.07) is 1.88. The van der Waals surface area contributed by atoms with Gasteiger partial charge in [0.25, 0.3) is 0 Å². The first-order valence-corrected chi connectivity index (χ1v) is 6.13. The number of ether oxygens (including phenoxy) is 2. The van der Waals surface area contributed by atoms with Gasteiger partial charge in [0, 0.05) is 33.4 Å². The molecule has 0 saturated carbocycles. The standard InChI is InChI=1S/C12H22N4O2/c1-5-17-12(18-6-2)8-13-10-7-11(16(3)4)15-9-14-10/h7,9,12H,5-6,8H2,1-4H3,(H,13,14,15).